The summed E-state index contributed by atoms with van der Waals surface area (Å²) in [5.41, 5.74) is 5.35. The minimum Gasteiger partial charge on any atom is -0.294 e. The molecule has 0 fully saturated rings. The van der Waals surface area contributed by atoms with Gasteiger partial charge >= 0.3 is 0 Å². The van der Waals surface area contributed by atoms with Gasteiger partial charge in [0.2, 0.25) is 5.91 Å². The second-order valence-electron chi connectivity index (χ2n) is 4.78. The van der Waals surface area contributed by atoms with Gasteiger partial charge in [-0.2, -0.15) is 0 Å². The summed E-state index contributed by atoms with van der Waals surface area (Å²) >= 11 is 5.11. The van der Waals surface area contributed by atoms with Gasteiger partial charge in [0.05, 0.1) is 16.6 Å². The van der Waals surface area contributed by atoms with Crippen molar-refractivity contribution >= 4 is 38.9 Å². The quantitative estimate of drug-likeness (QED) is 0.879. The summed E-state index contributed by atoms with van der Waals surface area (Å²) in [7, 11) is 0. The Morgan fingerprint density at radius 1 is 1.33 bits per heavy atom. The lowest BCUT2D eigenvalue weighted by Gasteiger charge is -2.25. The highest BCUT2D eigenvalue weighted by Gasteiger charge is 2.29. The summed E-state index contributed by atoms with van der Waals surface area (Å²) in [5, 5.41) is 3.76. The standard InChI is InChI=1S/C16H15BrN2OS/c1-2-16(20)19-14(11-5-7-12(17)8-6-11)10-13(18-19)15-4-3-9-21-15/h3-10,14,18H,2H2,1H3/t14-/m0/s1. The van der Waals surface area contributed by atoms with Gasteiger partial charge in [-0.25, -0.2) is 5.01 Å². The predicted octanol–water partition coefficient (Wildman–Crippen LogP) is 4.35. The molecular weight excluding hydrogens is 348 g/mol. The Bertz CT molecular complexity index is 664. The zero-order valence-corrected chi connectivity index (χ0v) is 13.9. The molecule has 0 radical (unpaired) electrons. The fourth-order valence-corrected chi connectivity index (χ4v) is 3.30. The molecule has 108 valence electrons. The van der Waals surface area contributed by atoms with Crippen LogP contribution in [0.2, 0.25) is 0 Å². The molecular formula is C16H15BrN2OS. The van der Waals surface area contributed by atoms with Crippen molar-refractivity contribution in [2.75, 3.05) is 0 Å². The van der Waals surface area contributed by atoms with Crippen LogP contribution in [0.5, 0.6) is 0 Å². The van der Waals surface area contributed by atoms with Crippen LogP contribution in [-0.2, 0) is 4.79 Å². The van der Waals surface area contributed by atoms with Gasteiger partial charge in [-0.3, -0.25) is 10.2 Å². The average molecular weight is 363 g/mol. The molecule has 1 aromatic heterocycles. The maximum Gasteiger partial charge on any atom is 0.241 e. The number of hydrogen-bond donors (Lipinski definition) is 1. The third-order valence-corrected chi connectivity index (χ3v) is 4.84. The van der Waals surface area contributed by atoms with Gasteiger partial charge in [0.1, 0.15) is 0 Å². The van der Waals surface area contributed by atoms with Gasteiger partial charge in [-0.1, -0.05) is 41.1 Å². The SMILES string of the molecule is CCC(=O)N1NC(c2cccs2)=C[C@H]1c1ccc(Br)cc1. The van der Waals surface area contributed by atoms with E-state index in [1.807, 2.05) is 42.6 Å². The van der Waals surface area contributed by atoms with Crippen LogP contribution in [0.3, 0.4) is 0 Å². The van der Waals surface area contributed by atoms with Crippen LogP contribution in [0.1, 0.15) is 29.8 Å². The van der Waals surface area contributed by atoms with Gasteiger partial charge in [0.15, 0.2) is 0 Å². The van der Waals surface area contributed by atoms with Crippen molar-refractivity contribution in [3.8, 4) is 0 Å². The number of amides is 1. The van der Waals surface area contributed by atoms with E-state index < -0.39 is 0 Å². The Morgan fingerprint density at radius 2 is 2.10 bits per heavy atom. The molecule has 5 heteroatoms. The van der Waals surface area contributed by atoms with Gasteiger partial charge in [0, 0.05) is 10.9 Å². The zero-order chi connectivity index (χ0) is 14.8. The van der Waals surface area contributed by atoms with E-state index in [0.29, 0.717) is 6.42 Å². The number of nitrogens with zero attached hydrogens (tertiary/aromatic N) is 1. The highest BCUT2D eigenvalue weighted by atomic mass is 79.9. The van der Waals surface area contributed by atoms with E-state index in [-0.39, 0.29) is 11.9 Å². The number of rotatable bonds is 3. The van der Waals surface area contributed by atoms with Crippen molar-refractivity contribution in [3.05, 3.63) is 62.8 Å². The van der Waals surface area contributed by atoms with Crippen LogP contribution in [0.25, 0.3) is 5.70 Å². The van der Waals surface area contributed by atoms with Crippen molar-refractivity contribution in [1.29, 1.82) is 0 Å². The summed E-state index contributed by atoms with van der Waals surface area (Å²) < 4.78 is 1.04. The highest BCUT2D eigenvalue weighted by molar-refractivity contribution is 9.10. The van der Waals surface area contributed by atoms with E-state index in [1.54, 1.807) is 16.3 Å². The second kappa shape index (κ2) is 6.03. The third-order valence-electron chi connectivity index (χ3n) is 3.41. The maximum absolute atomic E-state index is 12.2. The minimum atomic E-state index is -0.0670. The van der Waals surface area contributed by atoms with Crippen LogP contribution in [0, 0.1) is 0 Å². The van der Waals surface area contributed by atoms with Crippen molar-refractivity contribution in [2.45, 2.75) is 19.4 Å². The first-order valence-electron chi connectivity index (χ1n) is 6.79. The van der Waals surface area contributed by atoms with E-state index in [4.69, 9.17) is 0 Å². The van der Waals surface area contributed by atoms with Gasteiger partial charge in [0.25, 0.3) is 0 Å². The molecule has 1 amide bonds. The van der Waals surface area contributed by atoms with Crippen LogP contribution in [0.4, 0.5) is 0 Å². The van der Waals surface area contributed by atoms with Crippen molar-refractivity contribution in [3.63, 3.8) is 0 Å². The molecule has 1 aliphatic rings. The summed E-state index contributed by atoms with van der Waals surface area (Å²) in [6.45, 7) is 1.88. The number of hydrazine groups is 1. The summed E-state index contributed by atoms with van der Waals surface area (Å²) in [6.07, 6.45) is 2.59. The van der Waals surface area contributed by atoms with Crippen LogP contribution >= 0.6 is 27.3 Å². The first kappa shape index (κ1) is 14.4. The zero-order valence-electron chi connectivity index (χ0n) is 11.5. The Morgan fingerprint density at radius 3 is 2.71 bits per heavy atom. The fourth-order valence-electron chi connectivity index (χ4n) is 2.33. The largest absolute Gasteiger partial charge is 0.294 e. The molecule has 1 aromatic carbocycles. The Labute approximate surface area is 136 Å². The van der Waals surface area contributed by atoms with Gasteiger partial charge in [-0.05, 0) is 35.2 Å². The molecule has 0 unspecified atom stereocenters. The molecule has 0 saturated carbocycles. The van der Waals surface area contributed by atoms with Crippen molar-refractivity contribution in [1.82, 2.24) is 10.4 Å². The van der Waals surface area contributed by atoms with E-state index >= 15 is 0 Å². The molecule has 3 nitrogen and oxygen atoms in total. The first-order valence-corrected chi connectivity index (χ1v) is 8.46. The molecule has 1 N–H and O–H groups in total. The van der Waals surface area contributed by atoms with Crippen molar-refractivity contribution < 1.29 is 4.79 Å². The Hall–Kier alpha value is -1.59. The summed E-state index contributed by atoms with van der Waals surface area (Å²) in [5.74, 6) is 0.0886. The number of thiophene rings is 1. The molecule has 0 spiro atoms. The van der Waals surface area contributed by atoms with Crippen LogP contribution < -0.4 is 5.43 Å². The summed E-state index contributed by atoms with van der Waals surface area (Å²) in [4.78, 5) is 13.3. The molecule has 0 bridgehead atoms. The molecule has 1 aliphatic heterocycles. The van der Waals surface area contributed by atoms with E-state index in [1.165, 1.54) is 0 Å². The first-order chi connectivity index (χ1) is 10.2. The Kier molecular flexibility index (Phi) is 4.12. The normalized spacial score (nSPS) is 17.5. The van der Waals surface area contributed by atoms with Gasteiger partial charge < -0.3 is 0 Å². The number of hydrogen-bond acceptors (Lipinski definition) is 3. The minimum absolute atomic E-state index is 0.0670. The molecule has 1 atom stereocenters. The van der Waals surface area contributed by atoms with Gasteiger partial charge in [-0.15, -0.1) is 11.3 Å². The summed E-state index contributed by atoms with van der Waals surface area (Å²) in [6, 6.07) is 12.1. The maximum atomic E-state index is 12.2. The monoisotopic (exact) mass is 362 g/mol. The molecule has 0 saturated heterocycles. The fraction of sp³-hybridized carbons (Fsp3) is 0.188. The van der Waals surface area contributed by atoms with E-state index in [9.17, 15) is 4.79 Å². The molecule has 21 heavy (non-hydrogen) atoms. The smallest absolute Gasteiger partial charge is 0.241 e. The lowest BCUT2D eigenvalue weighted by Crippen LogP contribution is -2.39. The topological polar surface area (TPSA) is 32.3 Å². The third kappa shape index (κ3) is 2.89. The average Bonchev–Trinajstić information content (AvgIpc) is 3.16. The lowest BCUT2D eigenvalue weighted by atomic mass is 10.1. The molecule has 3 rings (SSSR count). The van der Waals surface area contributed by atoms with E-state index in [0.717, 1.165) is 20.6 Å². The highest BCUT2D eigenvalue weighted by Crippen LogP contribution is 2.33. The second-order valence-corrected chi connectivity index (χ2v) is 6.65. The Balaban J connectivity index is 1.96. The van der Waals surface area contributed by atoms with Crippen molar-refractivity contribution in [2.24, 2.45) is 0 Å². The number of carbonyl (C=O) groups excluding carboxylic acids is 1. The lowest BCUT2D eigenvalue weighted by molar-refractivity contribution is -0.134. The van der Waals surface area contributed by atoms with E-state index in [2.05, 4.69) is 33.5 Å². The molecule has 2 aromatic rings. The number of halogens is 1. The predicted molar refractivity (Wildman–Crippen MR) is 89.5 cm³/mol. The molecule has 2 heterocycles. The number of benzene rings is 1. The molecule has 0 aliphatic carbocycles. The van der Waals surface area contributed by atoms with Crippen LogP contribution in [0.15, 0.2) is 52.3 Å². The number of carbonyl (C=O) groups is 1. The number of nitrogens with one attached hydrogen (secondary N) is 1. The van der Waals surface area contributed by atoms with Crippen LogP contribution in [-0.4, -0.2) is 10.9 Å².